The lowest BCUT2D eigenvalue weighted by molar-refractivity contribution is 1.27. The van der Waals surface area contributed by atoms with E-state index < -0.39 is 0 Å². The monoisotopic (exact) mass is 110 g/mol. The van der Waals surface area contributed by atoms with Crippen molar-refractivity contribution in [3.8, 4) is 0 Å². The summed E-state index contributed by atoms with van der Waals surface area (Å²) in [7, 11) is 0. The summed E-state index contributed by atoms with van der Waals surface area (Å²) >= 11 is 0. The van der Waals surface area contributed by atoms with Crippen molar-refractivity contribution in [3.63, 3.8) is 0 Å². The summed E-state index contributed by atoms with van der Waals surface area (Å²) in [5.74, 6) is 0.313. The minimum Gasteiger partial charge on any atom is -0.384 e. The minimum absolute atomic E-state index is 0.313. The topological polar surface area (TPSA) is 38.4 Å². The fourth-order valence-electron chi connectivity index (χ4n) is 0.193. The Hall–Kier alpha value is -1.05. The molecule has 0 amide bonds. The van der Waals surface area contributed by atoms with E-state index in [0.717, 1.165) is 5.57 Å². The Kier molecular flexibility index (Phi) is 2.62. The molecule has 0 aliphatic heterocycles. The van der Waals surface area contributed by atoms with Crippen LogP contribution in [0.3, 0.4) is 0 Å². The van der Waals surface area contributed by atoms with Crippen LogP contribution < -0.4 is 5.73 Å². The summed E-state index contributed by atoms with van der Waals surface area (Å²) in [5.41, 5.74) is 5.98. The molecule has 0 atom stereocenters. The van der Waals surface area contributed by atoms with Crippen molar-refractivity contribution in [3.05, 3.63) is 24.6 Å². The lowest BCUT2D eigenvalue weighted by Crippen LogP contribution is -1.90. The molecule has 0 heterocycles. The van der Waals surface area contributed by atoms with E-state index in [4.69, 9.17) is 5.73 Å². The molecular formula is C6H10N2. The van der Waals surface area contributed by atoms with Crippen LogP contribution in [0.1, 0.15) is 6.92 Å². The minimum atomic E-state index is 0.313. The van der Waals surface area contributed by atoms with Gasteiger partial charge in [-0.05, 0) is 12.5 Å². The van der Waals surface area contributed by atoms with Gasteiger partial charge in [-0.3, -0.25) is 0 Å². The van der Waals surface area contributed by atoms with Crippen LogP contribution in [0.2, 0.25) is 0 Å². The predicted molar refractivity (Wildman–Crippen MR) is 36.6 cm³/mol. The maximum Gasteiger partial charge on any atom is 0.115 e. The zero-order valence-corrected chi connectivity index (χ0v) is 5.02. The van der Waals surface area contributed by atoms with Gasteiger partial charge < -0.3 is 5.73 Å². The smallest absolute Gasteiger partial charge is 0.115 e. The summed E-state index contributed by atoms with van der Waals surface area (Å²) < 4.78 is 0. The number of nitrogens with zero attached hydrogens (tertiary/aromatic N) is 1. The molecule has 2 heteroatoms. The van der Waals surface area contributed by atoms with Gasteiger partial charge in [-0.2, -0.15) is 0 Å². The zero-order valence-electron chi connectivity index (χ0n) is 5.02. The van der Waals surface area contributed by atoms with E-state index in [1.54, 1.807) is 6.21 Å². The average molecular weight is 110 g/mol. The highest BCUT2D eigenvalue weighted by Gasteiger charge is 1.73. The van der Waals surface area contributed by atoms with Gasteiger partial charge in [0.2, 0.25) is 0 Å². The van der Waals surface area contributed by atoms with Crippen LogP contribution in [0.15, 0.2) is 29.5 Å². The van der Waals surface area contributed by atoms with Crippen molar-refractivity contribution in [1.82, 2.24) is 0 Å². The molecule has 0 fully saturated rings. The van der Waals surface area contributed by atoms with Gasteiger partial charge in [0.25, 0.3) is 0 Å². The molecule has 0 unspecified atom stereocenters. The molecule has 0 radical (unpaired) electrons. The van der Waals surface area contributed by atoms with Gasteiger partial charge in [0, 0.05) is 6.21 Å². The molecule has 0 bridgehead atoms. The van der Waals surface area contributed by atoms with E-state index in [0.29, 0.717) is 5.82 Å². The summed E-state index contributed by atoms with van der Waals surface area (Å²) in [5, 5.41) is 0. The second kappa shape index (κ2) is 3.02. The fraction of sp³-hybridized carbons (Fsp3) is 0.167. The van der Waals surface area contributed by atoms with E-state index >= 15 is 0 Å². The highest BCUT2D eigenvalue weighted by atomic mass is 14.9. The van der Waals surface area contributed by atoms with Gasteiger partial charge in [0.05, 0.1) is 0 Å². The highest BCUT2D eigenvalue weighted by Crippen LogP contribution is 1.82. The molecule has 2 N–H and O–H groups in total. The average Bonchev–Trinajstić information content (AvgIpc) is 1.61. The van der Waals surface area contributed by atoms with Gasteiger partial charge >= 0.3 is 0 Å². The van der Waals surface area contributed by atoms with Crippen LogP contribution in [0.4, 0.5) is 0 Å². The number of rotatable bonds is 2. The molecule has 0 rings (SSSR count). The Morgan fingerprint density at radius 1 is 1.62 bits per heavy atom. The third-order valence-corrected chi connectivity index (χ3v) is 0.451. The Bertz CT molecular complexity index is 117. The predicted octanol–water partition coefficient (Wildman–Crippen LogP) is 1.06. The molecule has 0 aromatic rings. The lowest BCUT2D eigenvalue weighted by Gasteiger charge is -1.84. The molecule has 0 saturated heterocycles. The van der Waals surface area contributed by atoms with Crippen molar-refractivity contribution in [1.29, 1.82) is 0 Å². The standard InChI is InChI=1S/C6H10N2/c1-5(2)4-8-6(3)7/h4H,1,3,7H2,2H3/b8-4-. The van der Waals surface area contributed by atoms with E-state index in [9.17, 15) is 0 Å². The van der Waals surface area contributed by atoms with Crippen LogP contribution >= 0.6 is 0 Å². The second-order valence-corrected chi connectivity index (χ2v) is 1.60. The number of hydrogen-bond acceptors (Lipinski definition) is 2. The van der Waals surface area contributed by atoms with Gasteiger partial charge in [-0.15, -0.1) is 0 Å². The number of nitrogens with two attached hydrogens (primary N) is 1. The second-order valence-electron chi connectivity index (χ2n) is 1.60. The molecule has 44 valence electrons. The SMILES string of the molecule is C=C(C)/C=N\C(=C)N. The highest BCUT2D eigenvalue weighted by molar-refractivity contribution is 5.77. The maximum atomic E-state index is 5.11. The first-order valence-corrected chi connectivity index (χ1v) is 2.27. The lowest BCUT2D eigenvalue weighted by atomic mass is 10.4. The number of allylic oxidation sites excluding steroid dienone is 1. The van der Waals surface area contributed by atoms with E-state index in [1.165, 1.54) is 0 Å². The molecule has 0 spiro atoms. The Balaban J connectivity index is 3.67. The fourth-order valence-corrected chi connectivity index (χ4v) is 0.193. The normalized spacial score (nSPS) is 9.62. The Morgan fingerprint density at radius 2 is 2.12 bits per heavy atom. The van der Waals surface area contributed by atoms with Crippen LogP contribution in [0.25, 0.3) is 0 Å². The first kappa shape index (κ1) is 6.95. The first-order chi connectivity index (χ1) is 3.63. The van der Waals surface area contributed by atoms with E-state index in [1.807, 2.05) is 6.92 Å². The molecule has 0 aromatic heterocycles. The molecule has 8 heavy (non-hydrogen) atoms. The summed E-state index contributed by atoms with van der Waals surface area (Å²) in [6.45, 7) is 8.79. The molecule has 0 aliphatic carbocycles. The number of hydrogen-bond donors (Lipinski definition) is 1. The third-order valence-electron chi connectivity index (χ3n) is 0.451. The quantitative estimate of drug-likeness (QED) is 0.530. The molecule has 0 saturated carbocycles. The van der Waals surface area contributed by atoms with Crippen molar-refractivity contribution < 1.29 is 0 Å². The van der Waals surface area contributed by atoms with Gasteiger partial charge in [0.1, 0.15) is 5.82 Å². The van der Waals surface area contributed by atoms with E-state index in [2.05, 4.69) is 18.2 Å². The van der Waals surface area contributed by atoms with Crippen LogP contribution in [0.5, 0.6) is 0 Å². The zero-order chi connectivity index (χ0) is 6.57. The molecule has 0 aliphatic rings. The molecular weight excluding hydrogens is 100 g/mol. The van der Waals surface area contributed by atoms with E-state index in [-0.39, 0.29) is 0 Å². The van der Waals surface area contributed by atoms with Crippen molar-refractivity contribution in [2.24, 2.45) is 10.7 Å². The third kappa shape index (κ3) is 4.95. The summed E-state index contributed by atoms with van der Waals surface area (Å²) in [4.78, 5) is 3.68. The van der Waals surface area contributed by atoms with Crippen LogP contribution in [-0.4, -0.2) is 6.21 Å². The largest absolute Gasteiger partial charge is 0.384 e. The summed E-state index contributed by atoms with van der Waals surface area (Å²) in [6.07, 6.45) is 1.57. The van der Waals surface area contributed by atoms with Crippen LogP contribution in [0, 0.1) is 0 Å². The molecule has 2 nitrogen and oxygen atoms in total. The van der Waals surface area contributed by atoms with Crippen LogP contribution in [-0.2, 0) is 0 Å². The molecule has 0 aromatic carbocycles. The van der Waals surface area contributed by atoms with Crippen molar-refractivity contribution in [2.45, 2.75) is 6.92 Å². The Labute approximate surface area is 49.4 Å². The van der Waals surface area contributed by atoms with Gasteiger partial charge in [-0.1, -0.05) is 13.2 Å². The van der Waals surface area contributed by atoms with Gasteiger partial charge in [-0.25, -0.2) is 4.99 Å². The number of aliphatic imine (C=N–C) groups is 1. The Morgan fingerprint density at radius 3 is 2.25 bits per heavy atom. The summed E-state index contributed by atoms with van der Waals surface area (Å²) in [6, 6.07) is 0. The van der Waals surface area contributed by atoms with Gasteiger partial charge in [0.15, 0.2) is 0 Å². The van der Waals surface area contributed by atoms with Crippen molar-refractivity contribution >= 4 is 6.21 Å². The first-order valence-electron chi connectivity index (χ1n) is 2.27. The maximum absolute atomic E-state index is 5.11. The van der Waals surface area contributed by atoms with Crippen molar-refractivity contribution in [2.75, 3.05) is 0 Å².